The van der Waals surface area contributed by atoms with Gasteiger partial charge in [0, 0.05) is 35.0 Å². The average Bonchev–Trinajstić information content (AvgIpc) is 3.26. The molecule has 2 unspecified atom stereocenters. The summed E-state index contributed by atoms with van der Waals surface area (Å²) in [5.41, 5.74) is -0.563. The average molecular weight is 442 g/mol. The Kier molecular flexibility index (Phi) is 3.87. The Morgan fingerprint density at radius 3 is 2.37 bits per heavy atom. The summed E-state index contributed by atoms with van der Waals surface area (Å²) in [6, 6.07) is 0.894. The number of aromatic nitrogens is 3. The van der Waals surface area contributed by atoms with Crippen LogP contribution in [0.2, 0.25) is 0 Å². The quantitative estimate of drug-likeness (QED) is 0.617. The predicted octanol–water partition coefficient (Wildman–Crippen LogP) is 3.49. The first-order valence-electron chi connectivity index (χ1n) is 8.67. The molecular formula is C18H11F5N4O2S. The van der Waals surface area contributed by atoms with Gasteiger partial charge >= 0.3 is 6.18 Å². The van der Waals surface area contributed by atoms with Gasteiger partial charge in [-0.05, 0) is 24.3 Å². The van der Waals surface area contributed by atoms with Crippen molar-refractivity contribution in [2.24, 2.45) is 0 Å². The van der Waals surface area contributed by atoms with Crippen LogP contribution in [0.5, 0.6) is 0 Å². The zero-order valence-electron chi connectivity index (χ0n) is 14.8. The number of hydrogen-bond acceptors (Lipinski definition) is 4. The molecule has 0 radical (unpaired) electrons. The maximum absolute atomic E-state index is 14.7. The minimum Gasteiger partial charge on any atom is -0.282 e. The fraction of sp³-hybridized carbons (Fsp3) is 0.222. The molecule has 2 aromatic heterocycles. The molecule has 0 aliphatic carbocycles. The molecule has 4 heterocycles. The zero-order chi connectivity index (χ0) is 21.4. The normalized spacial score (nSPS) is 20.8. The lowest BCUT2D eigenvalue weighted by Crippen LogP contribution is -2.38. The molecule has 2 atom stereocenters. The summed E-state index contributed by atoms with van der Waals surface area (Å²) in [6.45, 7) is 0. The molecule has 30 heavy (non-hydrogen) atoms. The van der Waals surface area contributed by atoms with Gasteiger partial charge in [-0.15, -0.1) is 0 Å². The van der Waals surface area contributed by atoms with Crippen LogP contribution in [0.25, 0.3) is 0 Å². The number of alkyl halides is 3. The molecule has 6 nitrogen and oxygen atoms in total. The van der Waals surface area contributed by atoms with Gasteiger partial charge in [0.15, 0.2) is 0 Å². The third-order valence-electron chi connectivity index (χ3n) is 5.39. The van der Waals surface area contributed by atoms with Gasteiger partial charge in [-0.3, -0.25) is 10.1 Å². The molecule has 0 spiro atoms. The zero-order valence-corrected chi connectivity index (χ0v) is 15.6. The van der Waals surface area contributed by atoms with Crippen LogP contribution in [0.3, 0.4) is 0 Å². The van der Waals surface area contributed by atoms with E-state index >= 15 is 0 Å². The molecule has 1 N–H and O–H groups in total. The fourth-order valence-corrected chi connectivity index (χ4v) is 5.84. The second kappa shape index (κ2) is 6.08. The number of fused-ring (bicyclic) bond motifs is 7. The smallest absolute Gasteiger partial charge is 0.282 e. The largest absolute Gasteiger partial charge is 0.433 e. The van der Waals surface area contributed by atoms with Crippen molar-refractivity contribution in [1.82, 2.24) is 19.5 Å². The van der Waals surface area contributed by atoms with Gasteiger partial charge in [-0.1, -0.05) is 0 Å². The van der Waals surface area contributed by atoms with Gasteiger partial charge in [0.1, 0.15) is 22.2 Å². The second-order valence-corrected chi connectivity index (χ2v) is 8.84. The standard InChI is InChI=1S/C18H11F5N4O2S/c19-10-2-3-11(20)16-15(10)13-5-12-9(7-25-26-12)17(16)27(13)30(28,29)8-1-4-14(24-6-8)18(21,22)23/h1-4,6-7,13,17H,5H2,(H,25,26). The highest BCUT2D eigenvalue weighted by molar-refractivity contribution is 7.89. The Morgan fingerprint density at radius 2 is 1.73 bits per heavy atom. The predicted molar refractivity (Wildman–Crippen MR) is 91.5 cm³/mol. The molecule has 2 bridgehead atoms. The highest BCUT2D eigenvalue weighted by Crippen LogP contribution is 2.55. The number of rotatable bonds is 2. The first-order valence-corrected chi connectivity index (χ1v) is 10.1. The summed E-state index contributed by atoms with van der Waals surface area (Å²) in [6.07, 6.45) is -2.80. The first-order chi connectivity index (χ1) is 14.1. The molecule has 3 aromatic rings. The summed E-state index contributed by atoms with van der Waals surface area (Å²) >= 11 is 0. The van der Waals surface area contributed by atoms with Gasteiger partial charge < -0.3 is 0 Å². The number of halogens is 5. The highest BCUT2D eigenvalue weighted by Gasteiger charge is 2.53. The summed E-state index contributed by atoms with van der Waals surface area (Å²) in [4.78, 5) is 2.69. The molecule has 1 aromatic carbocycles. The Hall–Kier alpha value is -2.86. The van der Waals surface area contributed by atoms with E-state index in [0.717, 1.165) is 22.5 Å². The van der Waals surface area contributed by atoms with Crippen molar-refractivity contribution in [2.75, 3.05) is 0 Å². The third kappa shape index (κ3) is 2.53. The molecule has 0 amide bonds. The van der Waals surface area contributed by atoms with Crippen molar-refractivity contribution in [3.8, 4) is 0 Å². The van der Waals surface area contributed by atoms with E-state index < -0.39 is 50.5 Å². The van der Waals surface area contributed by atoms with Gasteiger partial charge in [0.25, 0.3) is 0 Å². The highest BCUT2D eigenvalue weighted by atomic mass is 32.2. The van der Waals surface area contributed by atoms with Crippen LogP contribution in [0.1, 0.15) is 40.2 Å². The van der Waals surface area contributed by atoms with Crippen molar-refractivity contribution in [3.05, 3.63) is 76.4 Å². The van der Waals surface area contributed by atoms with Gasteiger partial charge in [0.05, 0.1) is 18.3 Å². The number of pyridine rings is 1. The third-order valence-corrected chi connectivity index (χ3v) is 7.25. The molecule has 0 saturated carbocycles. The number of nitrogens with one attached hydrogen (secondary N) is 1. The van der Waals surface area contributed by atoms with Crippen molar-refractivity contribution >= 4 is 10.0 Å². The Balaban J connectivity index is 1.68. The van der Waals surface area contributed by atoms with E-state index in [1.54, 1.807) is 0 Å². The molecule has 2 aliphatic heterocycles. The van der Waals surface area contributed by atoms with Crippen LogP contribution < -0.4 is 0 Å². The number of nitrogens with zero attached hydrogens (tertiary/aromatic N) is 3. The van der Waals surface area contributed by atoms with E-state index in [4.69, 9.17) is 0 Å². The number of hydrogen-bond donors (Lipinski definition) is 1. The number of sulfonamides is 1. The summed E-state index contributed by atoms with van der Waals surface area (Å²) < 4.78 is 95.3. The molecule has 12 heteroatoms. The van der Waals surface area contributed by atoms with Gasteiger partial charge in [-0.2, -0.15) is 22.6 Å². The van der Waals surface area contributed by atoms with Crippen LogP contribution in [0, 0.1) is 11.6 Å². The molecule has 0 saturated heterocycles. The van der Waals surface area contributed by atoms with E-state index in [9.17, 15) is 30.4 Å². The van der Waals surface area contributed by atoms with Crippen LogP contribution in [0.4, 0.5) is 22.0 Å². The van der Waals surface area contributed by atoms with E-state index in [2.05, 4.69) is 15.2 Å². The molecule has 2 aliphatic rings. The van der Waals surface area contributed by atoms with E-state index in [1.807, 2.05) is 0 Å². The molecule has 5 rings (SSSR count). The summed E-state index contributed by atoms with van der Waals surface area (Å²) in [7, 11) is -4.45. The van der Waals surface area contributed by atoms with E-state index in [0.29, 0.717) is 23.5 Å². The lowest BCUT2D eigenvalue weighted by Gasteiger charge is -2.33. The van der Waals surface area contributed by atoms with Crippen molar-refractivity contribution < 1.29 is 30.4 Å². The summed E-state index contributed by atoms with van der Waals surface area (Å²) in [5.74, 6) is -1.54. The first kappa shape index (κ1) is 19.1. The minimum absolute atomic E-state index is 0.00645. The second-order valence-electron chi connectivity index (χ2n) is 6.99. The summed E-state index contributed by atoms with van der Waals surface area (Å²) in [5, 5.41) is 6.59. The number of H-pyrrole nitrogens is 1. The number of aromatic amines is 1. The lowest BCUT2D eigenvalue weighted by molar-refractivity contribution is -0.141. The van der Waals surface area contributed by atoms with Crippen LogP contribution in [-0.2, 0) is 22.6 Å². The van der Waals surface area contributed by atoms with Crippen LogP contribution >= 0.6 is 0 Å². The van der Waals surface area contributed by atoms with Crippen molar-refractivity contribution in [2.45, 2.75) is 29.6 Å². The van der Waals surface area contributed by atoms with E-state index in [1.165, 1.54) is 6.20 Å². The molecule has 0 fully saturated rings. The minimum atomic E-state index is -4.74. The molecular weight excluding hydrogens is 431 g/mol. The molecule has 156 valence electrons. The SMILES string of the molecule is O=S(=O)(c1ccc(C(F)(F)F)nc1)N1C2Cc3[nH]ncc3C1c1c(F)ccc(F)c12. The topological polar surface area (TPSA) is 79.0 Å². The maximum Gasteiger partial charge on any atom is 0.433 e. The van der Waals surface area contributed by atoms with Crippen LogP contribution in [0.15, 0.2) is 41.6 Å². The Morgan fingerprint density at radius 1 is 1.03 bits per heavy atom. The maximum atomic E-state index is 14.7. The fourth-order valence-electron chi connectivity index (χ4n) is 4.16. The van der Waals surface area contributed by atoms with Gasteiger partial charge in [0.2, 0.25) is 10.0 Å². The van der Waals surface area contributed by atoms with Crippen LogP contribution in [-0.4, -0.2) is 27.9 Å². The Labute approximate surface area is 166 Å². The van der Waals surface area contributed by atoms with E-state index in [-0.39, 0.29) is 17.5 Å². The lowest BCUT2D eigenvalue weighted by atomic mass is 10.00. The van der Waals surface area contributed by atoms with Gasteiger partial charge in [-0.25, -0.2) is 17.2 Å². The van der Waals surface area contributed by atoms with Crippen molar-refractivity contribution in [1.29, 1.82) is 0 Å². The number of benzene rings is 1. The van der Waals surface area contributed by atoms with Crippen molar-refractivity contribution in [3.63, 3.8) is 0 Å². The monoisotopic (exact) mass is 442 g/mol. The Bertz CT molecular complexity index is 1270.